The van der Waals surface area contributed by atoms with Gasteiger partial charge in [-0.25, -0.2) is 4.79 Å². The van der Waals surface area contributed by atoms with E-state index in [0.29, 0.717) is 11.8 Å². The van der Waals surface area contributed by atoms with Crippen molar-refractivity contribution in [1.29, 1.82) is 0 Å². The third-order valence-electron chi connectivity index (χ3n) is 4.32. The highest BCUT2D eigenvalue weighted by molar-refractivity contribution is 5.89. The van der Waals surface area contributed by atoms with Crippen molar-refractivity contribution in [3.63, 3.8) is 0 Å². The van der Waals surface area contributed by atoms with Gasteiger partial charge >= 0.3 is 12.1 Å². The Balaban J connectivity index is 1.90. The van der Waals surface area contributed by atoms with Crippen molar-refractivity contribution in [2.75, 3.05) is 18.0 Å². The summed E-state index contributed by atoms with van der Waals surface area (Å²) in [7, 11) is 0. The Labute approximate surface area is 114 Å². The number of hydrogen-bond acceptors (Lipinski definition) is 2. The standard InChI is InChI=1S/C14H14F3NO2/c15-14(16,17)10-4-9(12(19)20)5-11(6-10)18-7-13(8-18)2-1-3-13/h4-6H,1-3,7-8H2,(H,19,20). The maximum absolute atomic E-state index is 12.8. The smallest absolute Gasteiger partial charge is 0.416 e. The molecule has 1 aliphatic carbocycles. The van der Waals surface area contributed by atoms with Crippen molar-refractivity contribution in [2.45, 2.75) is 25.4 Å². The lowest BCUT2D eigenvalue weighted by Gasteiger charge is -2.57. The Hall–Kier alpha value is -1.72. The van der Waals surface area contributed by atoms with Gasteiger partial charge in [0.25, 0.3) is 0 Å². The van der Waals surface area contributed by atoms with Crippen LogP contribution in [0, 0.1) is 5.41 Å². The molecule has 20 heavy (non-hydrogen) atoms. The summed E-state index contributed by atoms with van der Waals surface area (Å²) < 4.78 is 38.4. The molecule has 1 saturated heterocycles. The predicted octanol–water partition coefficient (Wildman–Crippen LogP) is 3.39. The second-order valence-electron chi connectivity index (χ2n) is 5.78. The van der Waals surface area contributed by atoms with E-state index in [1.54, 1.807) is 0 Å². The Morgan fingerprint density at radius 3 is 2.30 bits per heavy atom. The van der Waals surface area contributed by atoms with Crippen molar-refractivity contribution in [3.8, 4) is 0 Å². The van der Waals surface area contributed by atoms with Crippen molar-refractivity contribution in [3.05, 3.63) is 29.3 Å². The summed E-state index contributed by atoms with van der Waals surface area (Å²) in [5.74, 6) is -1.34. The third-order valence-corrected chi connectivity index (χ3v) is 4.32. The van der Waals surface area contributed by atoms with E-state index in [0.717, 1.165) is 32.0 Å². The highest BCUT2D eigenvalue weighted by Crippen LogP contribution is 2.49. The third kappa shape index (κ3) is 2.13. The van der Waals surface area contributed by atoms with Crippen molar-refractivity contribution < 1.29 is 23.1 Å². The van der Waals surface area contributed by atoms with Gasteiger partial charge in [-0.2, -0.15) is 13.2 Å². The van der Waals surface area contributed by atoms with Gasteiger partial charge in [0.2, 0.25) is 0 Å². The van der Waals surface area contributed by atoms with Crippen LogP contribution < -0.4 is 4.90 Å². The molecule has 1 saturated carbocycles. The summed E-state index contributed by atoms with van der Waals surface area (Å²) in [4.78, 5) is 12.8. The lowest BCUT2D eigenvalue weighted by atomic mass is 9.63. The fraction of sp³-hybridized carbons (Fsp3) is 0.500. The lowest BCUT2D eigenvalue weighted by Crippen LogP contribution is -2.59. The number of halogens is 3. The summed E-state index contributed by atoms with van der Waals surface area (Å²) in [6.07, 6.45) is -1.11. The van der Waals surface area contributed by atoms with Crippen LogP contribution in [0.3, 0.4) is 0 Å². The molecule has 1 aromatic rings. The minimum Gasteiger partial charge on any atom is -0.478 e. The number of carboxylic acid groups (broad SMARTS) is 1. The van der Waals surface area contributed by atoms with Gasteiger partial charge < -0.3 is 10.0 Å². The van der Waals surface area contributed by atoms with Crippen LogP contribution in [0.5, 0.6) is 0 Å². The normalized spacial score (nSPS) is 20.4. The number of rotatable bonds is 2. The van der Waals surface area contributed by atoms with E-state index in [1.165, 1.54) is 12.5 Å². The predicted molar refractivity (Wildman–Crippen MR) is 66.9 cm³/mol. The molecule has 0 bridgehead atoms. The molecule has 3 nitrogen and oxygen atoms in total. The van der Waals surface area contributed by atoms with E-state index in [2.05, 4.69) is 0 Å². The average Bonchev–Trinajstić information content (AvgIpc) is 2.23. The molecule has 3 rings (SSSR count). The molecule has 2 aliphatic rings. The molecule has 0 aromatic heterocycles. The molecule has 0 radical (unpaired) electrons. The quantitative estimate of drug-likeness (QED) is 0.905. The average molecular weight is 285 g/mol. The van der Waals surface area contributed by atoms with E-state index in [9.17, 15) is 18.0 Å². The van der Waals surface area contributed by atoms with Crippen molar-refractivity contribution in [2.24, 2.45) is 5.41 Å². The Morgan fingerprint density at radius 1 is 1.20 bits per heavy atom. The van der Waals surface area contributed by atoms with Crippen LogP contribution in [0.4, 0.5) is 18.9 Å². The van der Waals surface area contributed by atoms with Gasteiger partial charge in [0.1, 0.15) is 0 Å². The van der Waals surface area contributed by atoms with E-state index in [-0.39, 0.29) is 11.0 Å². The van der Waals surface area contributed by atoms with E-state index < -0.39 is 17.7 Å². The van der Waals surface area contributed by atoms with E-state index in [1.807, 2.05) is 4.90 Å². The Morgan fingerprint density at radius 2 is 1.85 bits per heavy atom. The molecule has 1 spiro atoms. The SMILES string of the molecule is O=C(O)c1cc(N2CC3(CCC3)C2)cc(C(F)(F)F)c1. The fourth-order valence-electron chi connectivity index (χ4n) is 3.02. The maximum Gasteiger partial charge on any atom is 0.416 e. The first-order chi connectivity index (χ1) is 9.29. The first kappa shape index (κ1) is 13.3. The van der Waals surface area contributed by atoms with Crippen LogP contribution in [0.1, 0.15) is 35.2 Å². The number of anilines is 1. The molecular weight excluding hydrogens is 271 g/mol. The van der Waals surface area contributed by atoms with Crippen LogP contribution in [-0.4, -0.2) is 24.2 Å². The van der Waals surface area contributed by atoms with Crippen LogP contribution in [-0.2, 0) is 6.18 Å². The molecule has 108 valence electrons. The highest BCUT2D eigenvalue weighted by Gasteiger charge is 2.47. The van der Waals surface area contributed by atoms with Crippen LogP contribution in [0.15, 0.2) is 18.2 Å². The second-order valence-corrected chi connectivity index (χ2v) is 5.78. The molecule has 2 fully saturated rings. The number of nitrogens with zero attached hydrogens (tertiary/aromatic N) is 1. The van der Waals surface area contributed by atoms with Gasteiger partial charge in [-0.15, -0.1) is 0 Å². The zero-order chi connectivity index (χ0) is 14.5. The van der Waals surface area contributed by atoms with Crippen LogP contribution in [0.25, 0.3) is 0 Å². The molecule has 0 atom stereocenters. The Kier molecular flexibility index (Phi) is 2.74. The van der Waals surface area contributed by atoms with Gasteiger partial charge in [-0.1, -0.05) is 6.42 Å². The topological polar surface area (TPSA) is 40.5 Å². The minimum absolute atomic E-state index is 0.275. The summed E-state index contributed by atoms with van der Waals surface area (Å²) in [6, 6.07) is 3.05. The first-order valence-electron chi connectivity index (χ1n) is 6.50. The van der Waals surface area contributed by atoms with Gasteiger partial charge in [0.05, 0.1) is 11.1 Å². The molecule has 0 amide bonds. The summed E-state index contributed by atoms with van der Waals surface area (Å²) in [6.45, 7) is 1.46. The fourth-order valence-corrected chi connectivity index (χ4v) is 3.02. The molecule has 1 aromatic carbocycles. The summed E-state index contributed by atoms with van der Waals surface area (Å²) in [5.41, 5.74) is -0.585. The molecule has 1 N–H and O–H groups in total. The molecular formula is C14H14F3NO2. The number of alkyl halides is 3. The molecule has 1 aliphatic heterocycles. The molecule has 6 heteroatoms. The Bertz CT molecular complexity index is 556. The number of carbonyl (C=O) groups is 1. The number of carboxylic acids is 1. The summed E-state index contributed by atoms with van der Waals surface area (Å²) in [5, 5.41) is 8.95. The number of hydrogen-bond donors (Lipinski definition) is 1. The zero-order valence-electron chi connectivity index (χ0n) is 10.7. The maximum atomic E-state index is 12.8. The van der Waals surface area contributed by atoms with Crippen molar-refractivity contribution >= 4 is 11.7 Å². The summed E-state index contributed by atoms with van der Waals surface area (Å²) >= 11 is 0. The number of benzene rings is 1. The largest absolute Gasteiger partial charge is 0.478 e. The monoisotopic (exact) mass is 285 g/mol. The first-order valence-corrected chi connectivity index (χ1v) is 6.50. The minimum atomic E-state index is -4.53. The highest BCUT2D eigenvalue weighted by atomic mass is 19.4. The zero-order valence-corrected chi connectivity index (χ0v) is 10.7. The lowest BCUT2D eigenvalue weighted by molar-refractivity contribution is -0.137. The molecule has 1 heterocycles. The second kappa shape index (κ2) is 4.14. The number of aromatic carboxylic acids is 1. The van der Waals surface area contributed by atoms with Gasteiger partial charge in [-0.3, -0.25) is 0 Å². The van der Waals surface area contributed by atoms with Gasteiger partial charge in [0, 0.05) is 24.2 Å². The molecule has 0 unspecified atom stereocenters. The van der Waals surface area contributed by atoms with E-state index >= 15 is 0 Å². The van der Waals surface area contributed by atoms with Gasteiger partial charge in [0.15, 0.2) is 0 Å². The van der Waals surface area contributed by atoms with Gasteiger partial charge in [-0.05, 0) is 31.0 Å². The van der Waals surface area contributed by atoms with Crippen LogP contribution >= 0.6 is 0 Å². The van der Waals surface area contributed by atoms with E-state index in [4.69, 9.17) is 5.11 Å². The van der Waals surface area contributed by atoms with Crippen LogP contribution in [0.2, 0.25) is 0 Å². The van der Waals surface area contributed by atoms with Crippen molar-refractivity contribution in [1.82, 2.24) is 0 Å².